The molecule has 0 radical (unpaired) electrons. The molecule has 1 saturated heterocycles. The van der Waals surface area contributed by atoms with Crippen LogP contribution in [0, 0.1) is 5.92 Å². The van der Waals surface area contributed by atoms with Gasteiger partial charge in [-0.2, -0.15) is 11.8 Å². The second kappa shape index (κ2) is 10.9. The molecule has 2 rings (SSSR count). The van der Waals surface area contributed by atoms with E-state index in [1.54, 1.807) is 19.2 Å². The van der Waals surface area contributed by atoms with Crippen molar-refractivity contribution >= 4 is 51.7 Å². The number of sulfonamides is 1. The third-order valence-electron chi connectivity index (χ3n) is 4.50. The number of hydrogen-bond donors (Lipinski definition) is 1. The maximum absolute atomic E-state index is 12.1. The number of rotatable bonds is 5. The van der Waals surface area contributed by atoms with E-state index in [9.17, 15) is 8.42 Å². The molecule has 0 saturated carbocycles. The highest BCUT2D eigenvalue weighted by Crippen LogP contribution is 2.25. The van der Waals surface area contributed by atoms with Crippen LogP contribution in [0.4, 0.5) is 0 Å². The van der Waals surface area contributed by atoms with Gasteiger partial charge in [0.15, 0.2) is 5.96 Å². The van der Waals surface area contributed by atoms with E-state index < -0.39 is 10.0 Å². The maximum Gasteiger partial charge on any atom is 0.242 e. The van der Waals surface area contributed by atoms with Gasteiger partial charge in [0.05, 0.1) is 4.90 Å². The van der Waals surface area contributed by atoms with Crippen molar-refractivity contribution in [2.45, 2.75) is 30.5 Å². The molecule has 1 N–H and O–H groups in total. The number of benzene rings is 1. The van der Waals surface area contributed by atoms with Crippen molar-refractivity contribution in [1.29, 1.82) is 0 Å². The molecule has 0 amide bonds. The number of nitrogens with one attached hydrogen (secondary N) is 1. The Morgan fingerprint density at radius 2 is 1.96 bits per heavy atom. The third kappa shape index (κ3) is 6.50. The van der Waals surface area contributed by atoms with E-state index in [-0.39, 0.29) is 24.0 Å². The summed E-state index contributed by atoms with van der Waals surface area (Å²) in [5, 5.41) is 4.03. The Bertz CT molecular complexity index is 721. The van der Waals surface area contributed by atoms with Crippen molar-refractivity contribution in [2.24, 2.45) is 10.9 Å². The minimum absolute atomic E-state index is 0. The van der Waals surface area contributed by atoms with Gasteiger partial charge in [0.2, 0.25) is 10.0 Å². The molecule has 1 aromatic carbocycles. The SMILES string of the molecule is CN=C(NCc1ccc(S(=O)(=O)N(C)C)cc1)N1CCSC(C(C)C)C1.I. The molecule has 154 valence electrons. The zero-order valence-electron chi connectivity index (χ0n) is 16.7. The summed E-state index contributed by atoms with van der Waals surface area (Å²) in [5.41, 5.74) is 1.02. The largest absolute Gasteiger partial charge is 0.352 e. The van der Waals surface area contributed by atoms with E-state index in [0.29, 0.717) is 22.6 Å². The highest BCUT2D eigenvalue weighted by atomic mass is 127. The molecular weight excluding hydrogens is 495 g/mol. The van der Waals surface area contributed by atoms with Gasteiger partial charge in [-0.1, -0.05) is 26.0 Å². The molecule has 0 bridgehead atoms. The van der Waals surface area contributed by atoms with Crippen LogP contribution in [0.5, 0.6) is 0 Å². The first kappa shape index (κ1) is 24.5. The first-order chi connectivity index (χ1) is 12.3. The molecule has 1 aliphatic heterocycles. The predicted octanol–water partition coefficient (Wildman–Crippen LogP) is 2.70. The van der Waals surface area contributed by atoms with Crippen LogP contribution in [0.2, 0.25) is 0 Å². The molecule has 1 fully saturated rings. The van der Waals surface area contributed by atoms with Gasteiger partial charge in [-0.3, -0.25) is 4.99 Å². The minimum Gasteiger partial charge on any atom is -0.352 e. The van der Waals surface area contributed by atoms with Gasteiger partial charge >= 0.3 is 0 Å². The van der Waals surface area contributed by atoms with Crippen LogP contribution >= 0.6 is 35.7 Å². The lowest BCUT2D eigenvalue weighted by atomic mass is 10.1. The van der Waals surface area contributed by atoms with E-state index in [1.807, 2.05) is 23.9 Å². The van der Waals surface area contributed by atoms with Crippen molar-refractivity contribution in [3.8, 4) is 0 Å². The Hall–Kier alpha value is -0.520. The molecular formula is C18H31IN4O2S2. The zero-order valence-corrected chi connectivity index (χ0v) is 20.6. The molecule has 1 unspecified atom stereocenters. The van der Waals surface area contributed by atoms with Crippen LogP contribution in [-0.4, -0.2) is 68.8 Å². The smallest absolute Gasteiger partial charge is 0.242 e. The van der Waals surface area contributed by atoms with E-state index in [2.05, 4.69) is 29.1 Å². The average molecular weight is 527 g/mol. The zero-order chi connectivity index (χ0) is 19.3. The van der Waals surface area contributed by atoms with E-state index in [1.165, 1.54) is 18.4 Å². The van der Waals surface area contributed by atoms with Gasteiger partial charge in [0.25, 0.3) is 0 Å². The molecule has 1 atom stereocenters. The number of guanidine groups is 1. The lowest BCUT2D eigenvalue weighted by molar-refractivity contribution is 0.380. The molecule has 1 aromatic rings. The lowest BCUT2D eigenvalue weighted by Gasteiger charge is -2.36. The summed E-state index contributed by atoms with van der Waals surface area (Å²) in [5.74, 6) is 2.66. The van der Waals surface area contributed by atoms with Gasteiger partial charge in [-0.15, -0.1) is 24.0 Å². The van der Waals surface area contributed by atoms with Gasteiger partial charge in [-0.05, 0) is 23.6 Å². The maximum atomic E-state index is 12.1. The molecule has 27 heavy (non-hydrogen) atoms. The number of thioether (sulfide) groups is 1. The molecule has 1 heterocycles. The minimum atomic E-state index is -3.38. The van der Waals surface area contributed by atoms with Crippen molar-refractivity contribution in [3.63, 3.8) is 0 Å². The highest BCUT2D eigenvalue weighted by Gasteiger charge is 2.24. The molecule has 0 aliphatic carbocycles. The summed E-state index contributed by atoms with van der Waals surface area (Å²) >= 11 is 2.04. The Morgan fingerprint density at radius 3 is 2.48 bits per heavy atom. The second-order valence-electron chi connectivity index (χ2n) is 6.93. The molecule has 1 aliphatic rings. The van der Waals surface area contributed by atoms with Crippen molar-refractivity contribution in [2.75, 3.05) is 40.0 Å². The topological polar surface area (TPSA) is 65.0 Å². The molecule has 0 aromatic heterocycles. The fourth-order valence-corrected chi connectivity index (χ4v) is 4.98. The van der Waals surface area contributed by atoms with Crippen LogP contribution in [0.1, 0.15) is 19.4 Å². The van der Waals surface area contributed by atoms with Crippen molar-refractivity contribution < 1.29 is 8.42 Å². The quantitative estimate of drug-likeness (QED) is 0.363. The Balaban J connectivity index is 0.00000364. The monoisotopic (exact) mass is 526 g/mol. The molecule has 9 heteroatoms. The van der Waals surface area contributed by atoms with E-state index in [0.717, 1.165) is 30.4 Å². The Morgan fingerprint density at radius 1 is 1.33 bits per heavy atom. The fourth-order valence-electron chi connectivity index (χ4n) is 2.77. The summed E-state index contributed by atoms with van der Waals surface area (Å²) in [6, 6.07) is 7.00. The van der Waals surface area contributed by atoms with Crippen molar-refractivity contribution in [1.82, 2.24) is 14.5 Å². The number of nitrogens with zero attached hydrogens (tertiary/aromatic N) is 3. The number of halogens is 1. The fraction of sp³-hybridized carbons (Fsp3) is 0.611. The molecule has 0 spiro atoms. The highest BCUT2D eigenvalue weighted by molar-refractivity contribution is 14.0. The Kier molecular flexibility index (Phi) is 9.87. The van der Waals surface area contributed by atoms with Crippen LogP contribution < -0.4 is 5.32 Å². The van der Waals surface area contributed by atoms with Crippen molar-refractivity contribution in [3.05, 3.63) is 29.8 Å². The normalized spacial score (nSPS) is 18.6. The average Bonchev–Trinajstić information content (AvgIpc) is 2.62. The number of aliphatic imine (C=N–C) groups is 1. The van der Waals surface area contributed by atoms with Crippen LogP contribution in [0.15, 0.2) is 34.2 Å². The van der Waals surface area contributed by atoms with Crippen LogP contribution in [0.25, 0.3) is 0 Å². The summed E-state index contributed by atoms with van der Waals surface area (Å²) < 4.78 is 25.5. The molecule has 6 nitrogen and oxygen atoms in total. The first-order valence-electron chi connectivity index (χ1n) is 8.84. The number of hydrogen-bond acceptors (Lipinski definition) is 4. The third-order valence-corrected chi connectivity index (χ3v) is 7.87. The van der Waals surface area contributed by atoms with E-state index >= 15 is 0 Å². The summed E-state index contributed by atoms with van der Waals surface area (Å²) in [6.45, 7) is 7.14. The summed E-state index contributed by atoms with van der Waals surface area (Å²) in [4.78, 5) is 7.04. The van der Waals surface area contributed by atoms with Gasteiger partial charge in [-0.25, -0.2) is 12.7 Å². The lowest BCUT2D eigenvalue weighted by Crippen LogP contribution is -2.48. The Labute approximate surface area is 185 Å². The van der Waals surface area contributed by atoms with Gasteiger partial charge in [0, 0.05) is 51.8 Å². The predicted molar refractivity (Wildman–Crippen MR) is 126 cm³/mol. The van der Waals surface area contributed by atoms with Crippen LogP contribution in [-0.2, 0) is 16.6 Å². The summed E-state index contributed by atoms with van der Waals surface area (Å²) in [6.07, 6.45) is 0. The van der Waals surface area contributed by atoms with Gasteiger partial charge in [0.1, 0.15) is 0 Å². The van der Waals surface area contributed by atoms with E-state index in [4.69, 9.17) is 0 Å². The van der Waals surface area contributed by atoms with Crippen LogP contribution in [0.3, 0.4) is 0 Å². The van der Waals surface area contributed by atoms with Gasteiger partial charge < -0.3 is 10.2 Å². The second-order valence-corrected chi connectivity index (χ2v) is 10.4. The summed E-state index contributed by atoms with van der Waals surface area (Å²) in [7, 11) is 1.50. The first-order valence-corrected chi connectivity index (χ1v) is 11.3. The standard InChI is InChI=1S/C18H30N4O2S2.HI/c1-14(2)17-13-22(10-11-25-17)18(19-3)20-12-15-6-8-16(9-7-15)26(23,24)21(4)5;/h6-9,14,17H,10-13H2,1-5H3,(H,19,20);1H.